The van der Waals surface area contributed by atoms with E-state index in [0.717, 1.165) is 5.56 Å². The van der Waals surface area contributed by atoms with Gasteiger partial charge in [-0.3, -0.25) is 9.59 Å². The second kappa shape index (κ2) is 9.05. The van der Waals surface area contributed by atoms with Crippen LogP contribution in [-0.2, 0) is 9.59 Å². The van der Waals surface area contributed by atoms with Crippen LogP contribution >= 0.6 is 11.6 Å². The molecule has 0 aliphatic heterocycles. The Bertz CT molecular complexity index is 814. The molecule has 8 heteroatoms. The SMILES string of the molecule is COc1ccc(C)cc1NC(=O)CNC(=O)CNc1cccc(Cl)c1F. The van der Waals surface area contributed by atoms with E-state index in [-0.39, 0.29) is 23.8 Å². The highest BCUT2D eigenvalue weighted by Gasteiger charge is 2.11. The van der Waals surface area contributed by atoms with Crippen LogP contribution in [0.3, 0.4) is 0 Å². The molecule has 26 heavy (non-hydrogen) atoms. The summed E-state index contributed by atoms with van der Waals surface area (Å²) in [5.74, 6) is -0.980. The van der Waals surface area contributed by atoms with Gasteiger partial charge in [-0.25, -0.2) is 4.39 Å². The second-order valence-electron chi connectivity index (χ2n) is 5.48. The molecule has 0 radical (unpaired) electrons. The number of amides is 2. The van der Waals surface area contributed by atoms with Gasteiger partial charge in [0.1, 0.15) is 5.75 Å². The number of carbonyl (C=O) groups is 2. The van der Waals surface area contributed by atoms with Gasteiger partial charge in [0, 0.05) is 0 Å². The Hall–Kier alpha value is -2.80. The third kappa shape index (κ3) is 5.35. The highest BCUT2D eigenvalue weighted by Crippen LogP contribution is 2.25. The van der Waals surface area contributed by atoms with Crippen LogP contribution < -0.4 is 20.7 Å². The zero-order chi connectivity index (χ0) is 19.1. The molecule has 0 saturated heterocycles. The minimum absolute atomic E-state index is 0.0399. The molecule has 0 aliphatic rings. The highest BCUT2D eigenvalue weighted by atomic mass is 35.5. The van der Waals surface area contributed by atoms with Crippen LogP contribution in [-0.4, -0.2) is 32.0 Å². The van der Waals surface area contributed by atoms with Gasteiger partial charge in [0.15, 0.2) is 5.82 Å². The van der Waals surface area contributed by atoms with Crippen LogP contribution in [0.5, 0.6) is 5.75 Å². The van der Waals surface area contributed by atoms with Gasteiger partial charge < -0.3 is 20.7 Å². The van der Waals surface area contributed by atoms with Crippen molar-refractivity contribution in [3.05, 3.63) is 52.8 Å². The van der Waals surface area contributed by atoms with E-state index < -0.39 is 17.6 Å². The predicted octanol–water partition coefficient (Wildman–Crippen LogP) is 2.96. The van der Waals surface area contributed by atoms with Gasteiger partial charge in [0.2, 0.25) is 11.8 Å². The highest BCUT2D eigenvalue weighted by molar-refractivity contribution is 6.31. The number of carbonyl (C=O) groups excluding carboxylic acids is 2. The molecule has 0 spiro atoms. The van der Waals surface area contributed by atoms with Gasteiger partial charge in [0.25, 0.3) is 0 Å². The zero-order valence-corrected chi connectivity index (χ0v) is 15.1. The molecule has 0 aliphatic carbocycles. The lowest BCUT2D eigenvalue weighted by Gasteiger charge is -2.12. The number of ether oxygens (including phenoxy) is 1. The predicted molar refractivity (Wildman–Crippen MR) is 99.3 cm³/mol. The number of anilines is 2. The molecule has 2 aromatic rings. The smallest absolute Gasteiger partial charge is 0.243 e. The molecule has 2 amide bonds. The number of rotatable bonds is 7. The van der Waals surface area contributed by atoms with Crippen LogP contribution in [0.1, 0.15) is 5.56 Å². The largest absolute Gasteiger partial charge is 0.495 e. The summed E-state index contributed by atoms with van der Waals surface area (Å²) in [5.41, 5.74) is 1.59. The molecule has 0 heterocycles. The van der Waals surface area contributed by atoms with Gasteiger partial charge in [-0.2, -0.15) is 0 Å². The summed E-state index contributed by atoms with van der Waals surface area (Å²) in [6, 6.07) is 9.80. The summed E-state index contributed by atoms with van der Waals surface area (Å²) < 4.78 is 18.9. The van der Waals surface area contributed by atoms with Crippen molar-refractivity contribution in [1.82, 2.24) is 5.32 Å². The van der Waals surface area contributed by atoms with E-state index in [1.54, 1.807) is 18.2 Å². The molecule has 0 fully saturated rings. The molecule has 2 aromatic carbocycles. The zero-order valence-electron chi connectivity index (χ0n) is 14.4. The number of methoxy groups -OCH3 is 1. The fourth-order valence-electron chi connectivity index (χ4n) is 2.17. The average molecular weight is 380 g/mol. The fourth-order valence-corrected chi connectivity index (χ4v) is 2.35. The first-order valence-electron chi connectivity index (χ1n) is 7.79. The molecular weight excluding hydrogens is 361 g/mol. The van der Waals surface area contributed by atoms with Crippen LogP contribution in [0.2, 0.25) is 5.02 Å². The lowest BCUT2D eigenvalue weighted by atomic mass is 10.2. The van der Waals surface area contributed by atoms with E-state index in [1.165, 1.54) is 19.2 Å². The number of nitrogens with one attached hydrogen (secondary N) is 3. The van der Waals surface area contributed by atoms with Crippen LogP contribution in [0.25, 0.3) is 0 Å². The minimum Gasteiger partial charge on any atom is -0.495 e. The Morgan fingerprint density at radius 1 is 1.12 bits per heavy atom. The first-order valence-corrected chi connectivity index (χ1v) is 8.17. The summed E-state index contributed by atoms with van der Waals surface area (Å²) in [4.78, 5) is 23.8. The Kier molecular flexibility index (Phi) is 6.80. The second-order valence-corrected chi connectivity index (χ2v) is 5.89. The normalized spacial score (nSPS) is 10.2. The Morgan fingerprint density at radius 3 is 2.62 bits per heavy atom. The van der Waals surface area contributed by atoms with Crippen molar-refractivity contribution in [2.45, 2.75) is 6.92 Å². The first-order chi connectivity index (χ1) is 12.4. The maximum atomic E-state index is 13.7. The van der Waals surface area contributed by atoms with Crippen LogP contribution in [0.15, 0.2) is 36.4 Å². The lowest BCUT2D eigenvalue weighted by molar-refractivity contribution is -0.122. The molecule has 0 saturated carbocycles. The van der Waals surface area contributed by atoms with E-state index in [2.05, 4.69) is 16.0 Å². The molecule has 0 unspecified atom stereocenters. The van der Waals surface area contributed by atoms with Crippen LogP contribution in [0, 0.1) is 12.7 Å². The van der Waals surface area contributed by atoms with E-state index in [0.29, 0.717) is 11.4 Å². The number of hydrogen-bond donors (Lipinski definition) is 3. The number of aryl methyl sites for hydroxylation is 1. The Balaban J connectivity index is 1.83. The maximum absolute atomic E-state index is 13.7. The maximum Gasteiger partial charge on any atom is 0.243 e. The van der Waals surface area contributed by atoms with Gasteiger partial charge in [-0.05, 0) is 36.8 Å². The molecule has 3 N–H and O–H groups in total. The average Bonchev–Trinajstić information content (AvgIpc) is 2.61. The Labute approximate surface area is 155 Å². The van der Waals surface area contributed by atoms with E-state index in [4.69, 9.17) is 16.3 Å². The van der Waals surface area contributed by atoms with Crippen molar-refractivity contribution >= 4 is 34.8 Å². The molecule has 0 atom stereocenters. The van der Waals surface area contributed by atoms with Gasteiger partial charge in [-0.1, -0.05) is 23.7 Å². The van der Waals surface area contributed by atoms with Crippen LogP contribution in [0.4, 0.5) is 15.8 Å². The Morgan fingerprint density at radius 2 is 1.88 bits per heavy atom. The van der Waals surface area contributed by atoms with E-state index >= 15 is 0 Å². The lowest BCUT2D eigenvalue weighted by Crippen LogP contribution is -2.36. The number of benzene rings is 2. The van der Waals surface area contributed by atoms with Crippen molar-refractivity contribution < 1.29 is 18.7 Å². The van der Waals surface area contributed by atoms with E-state index in [1.807, 2.05) is 13.0 Å². The molecule has 6 nitrogen and oxygen atoms in total. The first kappa shape index (κ1) is 19.5. The summed E-state index contributed by atoms with van der Waals surface area (Å²) in [7, 11) is 1.50. The quantitative estimate of drug-likeness (QED) is 0.691. The van der Waals surface area contributed by atoms with Crippen molar-refractivity contribution in [1.29, 1.82) is 0 Å². The van der Waals surface area contributed by atoms with Crippen molar-refractivity contribution in [2.24, 2.45) is 0 Å². The molecule has 0 aromatic heterocycles. The van der Waals surface area contributed by atoms with Crippen molar-refractivity contribution in [3.8, 4) is 5.75 Å². The summed E-state index contributed by atoms with van der Waals surface area (Å²) in [5, 5.41) is 7.71. The van der Waals surface area contributed by atoms with Crippen molar-refractivity contribution in [3.63, 3.8) is 0 Å². The fraction of sp³-hybridized carbons (Fsp3) is 0.222. The molecular formula is C18H19ClFN3O3. The van der Waals surface area contributed by atoms with Gasteiger partial charge in [0.05, 0.1) is 36.6 Å². The van der Waals surface area contributed by atoms with Crippen molar-refractivity contribution in [2.75, 3.05) is 30.8 Å². The minimum atomic E-state index is -0.633. The van der Waals surface area contributed by atoms with Gasteiger partial charge >= 0.3 is 0 Å². The summed E-state index contributed by atoms with van der Waals surface area (Å²) >= 11 is 5.67. The summed E-state index contributed by atoms with van der Waals surface area (Å²) in [6.45, 7) is 1.46. The topological polar surface area (TPSA) is 79.5 Å². The molecule has 0 bridgehead atoms. The standard InChI is InChI=1S/C18H19ClFN3O3/c1-11-6-7-15(26-2)14(8-11)23-17(25)10-22-16(24)9-21-13-5-3-4-12(19)18(13)20/h3-8,21H,9-10H2,1-2H3,(H,22,24)(H,23,25). The third-order valence-corrected chi connectivity index (χ3v) is 3.76. The third-order valence-electron chi connectivity index (χ3n) is 3.47. The van der Waals surface area contributed by atoms with Gasteiger partial charge in [-0.15, -0.1) is 0 Å². The number of hydrogen-bond acceptors (Lipinski definition) is 4. The number of halogens is 2. The van der Waals surface area contributed by atoms with E-state index in [9.17, 15) is 14.0 Å². The molecule has 2 rings (SSSR count). The molecule has 138 valence electrons. The monoisotopic (exact) mass is 379 g/mol. The summed E-state index contributed by atoms with van der Waals surface area (Å²) in [6.07, 6.45) is 0.